The van der Waals surface area contributed by atoms with Gasteiger partial charge in [0.05, 0.1) is 28.3 Å². The van der Waals surface area contributed by atoms with Crippen LogP contribution in [0.3, 0.4) is 0 Å². The maximum absolute atomic E-state index is 14.1. The molecule has 4 aromatic rings. The van der Waals surface area contributed by atoms with Crippen LogP contribution >= 0.6 is 0 Å². The van der Waals surface area contributed by atoms with Crippen LogP contribution in [-0.4, -0.2) is 24.5 Å². The fourth-order valence-electron chi connectivity index (χ4n) is 3.13. The zero-order valence-electron chi connectivity index (χ0n) is 16.3. The Labute approximate surface area is 167 Å². The van der Waals surface area contributed by atoms with E-state index < -0.39 is 17.3 Å². The van der Waals surface area contributed by atoms with Gasteiger partial charge < -0.3 is 0 Å². The lowest BCUT2D eigenvalue weighted by Gasteiger charge is -2.24. The number of rotatable bonds is 4. The van der Waals surface area contributed by atoms with Gasteiger partial charge in [-0.2, -0.15) is 13.8 Å². The van der Waals surface area contributed by atoms with E-state index in [1.807, 2.05) is 55.8 Å². The normalized spacial score (nSPS) is 11.6. The summed E-state index contributed by atoms with van der Waals surface area (Å²) < 4.78 is 29.1. The number of halogens is 2. The van der Waals surface area contributed by atoms with Crippen molar-refractivity contribution in [1.29, 1.82) is 0 Å². The maximum atomic E-state index is 14.1. The minimum Gasteiger partial charge on any atom is -0.290 e. The van der Waals surface area contributed by atoms with Crippen molar-refractivity contribution in [3.05, 3.63) is 90.0 Å². The van der Waals surface area contributed by atoms with Crippen LogP contribution in [0.5, 0.6) is 0 Å². The first kappa shape index (κ1) is 18.9. The molecule has 0 aromatic carbocycles. The highest BCUT2D eigenvalue weighted by Crippen LogP contribution is 2.31. The maximum Gasteiger partial charge on any atom is 0.224 e. The molecule has 0 aliphatic rings. The van der Waals surface area contributed by atoms with E-state index in [9.17, 15) is 8.78 Å². The zero-order valence-corrected chi connectivity index (χ0v) is 16.3. The zero-order chi connectivity index (χ0) is 20.6. The van der Waals surface area contributed by atoms with Gasteiger partial charge in [-0.3, -0.25) is 9.55 Å². The molecule has 0 aliphatic carbocycles. The van der Waals surface area contributed by atoms with Crippen molar-refractivity contribution in [3.63, 3.8) is 0 Å². The fraction of sp³-hybridized carbons (Fsp3) is 0.182. The Morgan fingerprint density at radius 2 is 1.59 bits per heavy atom. The largest absolute Gasteiger partial charge is 0.290 e. The van der Waals surface area contributed by atoms with Crippen molar-refractivity contribution < 1.29 is 8.78 Å². The van der Waals surface area contributed by atoms with E-state index in [-0.39, 0.29) is 5.56 Å². The molecule has 4 aromatic heterocycles. The minimum absolute atomic E-state index is 0.152. The van der Waals surface area contributed by atoms with Gasteiger partial charge in [0.2, 0.25) is 11.9 Å². The summed E-state index contributed by atoms with van der Waals surface area (Å²) in [7, 11) is 0. The van der Waals surface area contributed by atoms with Crippen molar-refractivity contribution in [3.8, 4) is 17.1 Å². The predicted octanol–water partition coefficient (Wildman–Crippen LogP) is 4.64. The molecule has 5 nitrogen and oxygen atoms in total. The fourth-order valence-corrected chi connectivity index (χ4v) is 3.13. The number of hydrogen-bond donors (Lipinski definition) is 0. The Bertz CT molecular complexity index is 1180. The average Bonchev–Trinajstić information content (AvgIpc) is 3.14. The molecule has 0 saturated heterocycles. The number of nitrogens with zero attached hydrogens (tertiary/aromatic N) is 5. The monoisotopic (exact) mass is 391 g/mol. The molecule has 0 radical (unpaired) electrons. The topological polar surface area (TPSA) is 56.5 Å². The molecule has 0 amide bonds. The lowest BCUT2D eigenvalue weighted by atomic mass is 9.84. The third-order valence-corrected chi connectivity index (χ3v) is 4.83. The Morgan fingerprint density at radius 3 is 2.28 bits per heavy atom. The smallest absolute Gasteiger partial charge is 0.224 e. The summed E-state index contributed by atoms with van der Waals surface area (Å²) in [4.78, 5) is 16.9. The third kappa shape index (κ3) is 3.63. The van der Waals surface area contributed by atoms with Crippen LogP contribution in [-0.2, 0) is 5.41 Å². The molecule has 7 heteroatoms. The molecule has 4 rings (SSSR count). The van der Waals surface area contributed by atoms with Gasteiger partial charge in [0, 0.05) is 11.6 Å². The van der Waals surface area contributed by atoms with E-state index in [2.05, 4.69) is 15.0 Å². The van der Waals surface area contributed by atoms with Crippen LogP contribution in [0, 0.1) is 18.8 Å². The highest BCUT2D eigenvalue weighted by atomic mass is 19.1. The molecule has 0 unspecified atom stereocenters. The van der Waals surface area contributed by atoms with Crippen LogP contribution in [0.2, 0.25) is 0 Å². The van der Waals surface area contributed by atoms with Gasteiger partial charge in [0.15, 0.2) is 0 Å². The molecular weight excluding hydrogens is 372 g/mol. The van der Waals surface area contributed by atoms with Crippen molar-refractivity contribution in [2.45, 2.75) is 26.2 Å². The average molecular weight is 391 g/mol. The molecule has 29 heavy (non-hydrogen) atoms. The van der Waals surface area contributed by atoms with Gasteiger partial charge in [-0.25, -0.2) is 9.97 Å². The standard InChI is InChI=1S/C22H19F2N5/c1-14-12-29(13-25-14)20-9-5-8-18(27-20)22(2,3)17-7-4-6-16(26-17)15-10-11-19(23)28-21(15)24/h4-13H,1-3H3. The van der Waals surface area contributed by atoms with Gasteiger partial charge in [-0.05, 0) is 57.2 Å². The van der Waals surface area contributed by atoms with E-state index in [1.165, 1.54) is 6.07 Å². The Hall–Kier alpha value is -3.48. The summed E-state index contributed by atoms with van der Waals surface area (Å²) in [6.45, 7) is 5.93. The summed E-state index contributed by atoms with van der Waals surface area (Å²) in [6, 6.07) is 13.6. The number of hydrogen-bond acceptors (Lipinski definition) is 4. The van der Waals surface area contributed by atoms with Crippen LogP contribution < -0.4 is 0 Å². The summed E-state index contributed by atoms with van der Waals surface area (Å²) in [5, 5.41) is 0. The summed E-state index contributed by atoms with van der Waals surface area (Å²) >= 11 is 0. The van der Waals surface area contributed by atoms with E-state index in [0.29, 0.717) is 11.4 Å². The lowest BCUT2D eigenvalue weighted by molar-refractivity contribution is 0.514. The van der Waals surface area contributed by atoms with Gasteiger partial charge in [-0.1, -0.05) is 12.1 Å². The minimum atomic E-state index is -0.886. The SMILES string of the molecule is Cc1cn(-c2cccc(C(C)(C)c3cccc(-c4ccc(F)nc4F)n3)n2)cn1. The van der Waals surface area contributed by atoms with Crippen LogP contribution in [0.4, 0.5) is 8.78 Å². The number of aromatic nitrogens is 5. The molecule has 0 spiro atoms. The first-order chi connectivity index (χ1) is 13.8. The molecule has 4 heterocycles. The van der Waals surface area contributed by atoms with Crippen LogP contribution in [0.15, 0.2) is 61.1 Å². The molecule has 0 N–H and O–H groups in total. The second-order valence-corrected chi connectivity index (χ2v) is 7.31. The highest BCUT2D eigenvalue weighted by molar-refractivity contribution is 5.59. The van der Waals surface area contributed by atoms with E-state index in [1.54, 1.807) is 18.5 Å². The summed E-state index contributed by atoms with van der Waals surface area (Å²) in [5.41, 5.74) is 2.42. The Balaban J connectivity index is 1.74. The van der Waals surface area contributed by atoms with Crippen LogP contribution in [0.25, 0.3) is 17.1 Å². The number of aryl methyl sites for hydroxylation is 1. The first-order valence-corrected chi connectivity index (χ1v) is 9.13. The quantitative estimate of drug-likeness (QED) is 0.476. The molecule has 0 aliphatic heterocycles. The molecule has 0 saturated carbocycles. The molecule has 0 atom stereocenters. The second kappa shape index (κ2) is 7.16. The van der Waals surface area contributed by atoms with Gasteiger partial charge in [-0.15, -0.1) is 0 Å². The summed E-state index contributed by atoms with van der Waals surface area (Å²) in [5.74, 6) is -0.998. The highest BCUT2D eigenvalue weighted by Gasteiger charge is 2.27. The van der Waals surface area contributed by atoms with Gasteiger partial charge >= 0.3 is 0 Å². The van der Waals surface area contributed by atoms with E-state index >= 15 is 0 Å². The van der Waals surface area contributed by atoms with Crippen molar-refractivity contribution in [2.24, 2.45) is 0 Å². The Morgan fingerprint density at radius 1 is 0.862 bits per heavy atom. The predicted molar refractivity (Wildman–Crippen MR) is 106 cm³/mol. The molecule has 0 fully saturated rings. The van der Waals surface area contributed by atoms with Gasteiger partial charge in [0.25, 0.3) is 0 Å². The second-order valence-electron chi connectivity index (χ2n) is 7.31. The first-order valence-electron chi connectivity index (χ1n) is 9.13. The van der Waals surface area contributed by atoms with Crippen molar-refractivity contribution >= 4 is 0 Å². The van der Waals surface area contributed by atoms with E-state index in [4.69, 9.17) is 4.98 Å². The molecule has 146 valence electrons. The molecular formula is C22H19F2N5. The van der Waals surface area contributed by atoms with Gasteiger partial charge in [0.1, 0.15) is 12.1 Å². The Kier molecular flexibility index (Phi) is 4.66. The molecule has 0 bridgehead atoms. The van der Waals surface area contributed by atoms with Crippen molar-refractivity contribution in [2.75, 3.05) is 0 Å². The van der Waals surface area contributed by atoms with Crippen LogP contribution in [0.1, 0.15) is 30.9 Å². The third-order valence-electron chi connectivity index (χ3n) is 4.83. The van der Waals surface area contributed by atoms with Crippen molar-refractivity contribution in [1.82, 2.24) is 24.5 Å². The number of imidazole rings is 1. The number of pyridine rings is 3. The summed E-state index contributed by atoms with van der Waals surface area (Å²) in [6.07, 6.45) is 3.62. The lowest BCUT2D eigenvalue weighted by Crippen LogP contribution is -2.23. The van der Waals surface area contributed by atoms with E-state index in [0.717, 1.165) is 23.3 Å².